The second-order valence-electron chi connectivity index (χ2n) is 0. The van der Waals surface area contributed by atoms with E-state index in [1.165, 1.54) is 0 Å². The standard InChI is InChI=1S/Cu.2Ni.O/p+1. The zero-order chi connectivity index (χ0) is 2.00. The molecule has 4 heteroatoms. The molecule has 37 valence electrons. The fraction of sp³-hybridized carbons (Fsp3) is 0. The van der Waals surface area contributed by atoms with Gasteiger partial charge in [0.1, 0.15) is 0 Å². The average Bonchev–Trinajstić information content (AvgIpc) is 1.00. The minimum atomic E-state index is 0. The van der Waals surface area contributed by atoms with Crippen LogP contribution in [0.25, 0.3) is 0 Å². The fourth-order valence-corrected chi connectivity index (χ4v) is 0. The van der Waals surface area contributed by atoms with Crippen LogP contribution >= 0.6 is 0 Å². The molecule has 4 heavy (non-hydrogen) atoms. The molecule has 0 spiro atoms. The van der Waals surface area contributed by atoms with E-state index in [0.29, 0.717) is 0 Å². The molecule has 0 aliphatic carbocycles. The van der Waals surface area contributed by atoms with E-state index in [-0.39, 0.29) is 35.0 Å². The van der Waals surface area contributed by atoms with Crippen molar-refractivity contribution in [3.8, 4) is 0 Å². The molecule has 0 aromatic carbocycles. The van der Waals surface area contributed by atoms with Crippen LogP contribution in [-0.4, -0.2) is 0 Å². The molecule has 0 unspecified atom stereocenters. The van der Waals surface area contributed by atoms with Crippen LogP contribution in [0.1, 0.15) is 1.43 Å². The molecular formula is HCuNi2O+. The van der Waals surface area contributed by atoms with Crippen molar-refractivity contribution in [2.24, 2.45) is 0 Å². The van der Waals surface area contributed by atoms with E-state index in [4.69, 9.17) is 3.90 Å². The predicted octanol–water partition coefficient (Wildman–Crippen LogP) is -0.0138. The monoisotopic (exact) mass is 196 g/mol. The maximum absolute atomic E-state index is 7.88. The van der Waals surface area contributed by atoms with Crippen LogP contribution in [0.3, 0.4) is 0 Å². The van der Waals surface area contributed by atoms with E-state index in [1.54, 1.807) is 0 Å². The Labute approximate surface area is 54.3 Å². The Kier molecular flexibility index (Phi) is 128. The van der Waals surface area contributed by atoms with Crippen LogP contribution in [0.5, 0.6) is 0 Å². The van der Waals surface area contributed by atoms with Crippen LogP contribution in [0.2, 0.25) is 0 Å². The van der Waals surface area contributed by atoms with Gasteiger partial charge in [0.15, 0.2) is 0 Å². The first-order valence-corrected chi connectivity index (χ1v) is 0.532. The van der Waals surface area contributed by atoms with Crippen molar-refractivity contribution in [2.45, 2.75) is 0 Å². The van der Waals surface area contributed by atoms with Gasteiger partial charge in [-0.1, -0.05) is 0 Å². The third-order valence-electron chi connectivity index (χ3n) is 0. The average molecular weight is 198 g/mol. The molecule has 0 aromatic heterocycles. The minimum absolute atomic E-state index is 0. The Hall–Kier alpha value is 1.31. The van der Waals surface area contributed by atoms with Gasteiger partial charge in [-0.25, -0.2) is 0 Å². The molecule has 0 heterocycles. The Morgan fingerprint density at radius 3 is 1.50 bits per heavy atom. The molecule has 1 nitrogen and oxygen atoms in total. The van der Waals surface area contributed by atoms with Gasteiger partial charge in [0.25, 0.3) is 0 Å². The molecule has 0 aromatic rings. The van der Waals surface area contributed by atoms with Gasteiger partial charge in [-0.2, -0.15) is 0 Å². The molecule has 0 atom stereocenters. The van der Waals surface area contributed by atoms with Crippen LogP contribution in [0, 0.1) is 0 Å². The summed E-state index contributed by atoms with van der Waals surface area (Å²) >= 11 is 2.62. The summed E-state index contributed by atoms with van der Waals surface area (Å²) in [5, 5.41) is 0. The number of hydrogen-bond acceptors (Lipinski definition) is 1. The summed E-state index contributed by atoms with van der Waals surface area (Å²) in [6.45, 7) is 0. The Balaban J connectivity index is -0.00000000167. The molecule has 0 bridgehead atoms. The molecule has 0 saturated heterocycles. The first-order valence-electron chi connectivity index (χ1n) is 0.129. The van der Waals surface area contributed by atoms with Crippen LogP contribution in [0.4, 0.5) is 0 Å². The SMILES string of the molecule is [Cu].[H+].[Ni].[O]=[Ni]. The quantitative estimate of drug-likeness (QED) is 0.500. The second-order valence-corrected chi connectivity index (χ2v) is 0. The molecule has 0 N–H and O–H groups in total. The van der Waals surface area contributed by atoms with Gasteiger partial charge in [0.05, 0.1) is 0 Å². The zero-order valence-electron chi connectivity index (χ0n) is 2.34. The topological polar surface area (TPSA) is 17.1 Å². The van der Waals surface area contributed by atoms with Gasteiger partial charge < -0.3 is 0 Å². The van der Waals surface area contributed by atoms with E-state index >= 15 is 0 Å². The maximum atomic E-state index is 7.88. The predicted molar refractivity (Wildman–Crippen MR) is 1.80 cm³/mol. The fourth-order valence-electron chi connectivity index (χ4n) is 0. The van der Waals surface area contributed by atoms with E-state index in [0.717, 1.165) is 0 Å². The second kappa shape index (κ2) is 27.6. The third-order valence-corrected chi connectivity index (χ3v) is 0. The molecule has 0 saturated carbocycles. The van der Waals surface area contributed by atoms with Crippen LogP contribution in [-0.2, 0) is 52.8 Å². The van der Waals surface area contributed by atoms with E-state index in [9.17, 15) is 0 Å². The van der Waals surface area contributed by atoms with Gasteiger partial charge in [0, 0.05) is 33.6 Å². The van der Waals surface area contributed by atoms with E-state index in [2.05, 4.69) is 15.4 Å². The van der Waals surface area contributed by atoms with Crippen molar-refractivity contribution in [2.75, 3.05) is 0 Å². The van der Waals surface area contributed by atoms with Crippen molar-refractivity contribution in [3.05, 3.63) is 0 Å². The van der Waals surface area contributed by atoms with Crippen molar-refractivity contribution in [1.82, 2.24) is 0 Å². The molecule has 1 radical (unpaired) electrons. The summed E-state index contributed by atoms with van der Waals surface area (Å²) in [5.41, 5.74) is 0. The van der Waals surface area contributed by atoms with Gasteiger partial charge in [-0.3, -0.25) is 0 Å². The zero-order valence-corrected chi connectivity index (χ0v) is 4.26. The Bertz CT molecular complexity index is 9.61. The summed E-state index contributed by atoms with van der Waals surface area (Å²) in [5.74, 6) is 0. The van der Waals surface area contributed by atoms with Crippen molar-refractivity contribution in [3.63, 3.8) is 0 Å². The molecule has 0 fully saturated rings. The molecule has 0 amide bonds. The van der Waals surface area contributed by atoms with E-state index in [1.807, 2.05) is 0 Å². The van der Waals surface area contributed by atoms with Gasteiger partial charge >= 0.3 is 20.7 Å². The summed E-state index contributed by atoms with van der Waals surface area (Å²) in [6.07, 6.45) is 0. The van der Waals surface area contributed by atoms with Crippen LogP contribution < -0.4 is 0 Å². The number of hydrogen-bond donors (Lipinski definition) is 0. The van der Waals surface area contributed by atoms with Crippen LogP contribution in [0.15, 0.2) is 0 Å². The first kappa shape index (κ1) is 18.5. The summed E-state index contributed by atoms with van der Waals surface area (Å²) < 4.78 is 7.88. The summed E-state index contributed by atoms with van der Waals surface area (Å²) in [4.78, 5) is 0. The van der Waals surface area contributed by atoms with Crippen molar-refractivity contribution in [1.29, 1.82) is 0 Å². The van der Waals surface area contributed by atoms with E-state index < -0.39 is 0 Å². The molecule has 0 rings (SSSR count). The Morgan fingerprint density at radius 2 is 1.50 bits per heavy atom. The normalized spacial score (nSPS) is 1.50. The molecular weight excluding hydrogens is 197 g/mol. The molecule has 0 aliphatic heterocycles. The molecule has 0 aliphatic rings. The van der Waals surface area contributed by atoms with Crippen molar-refractivity contribution < 1.29 is 54.3 Å². The Morgan fingerprint density at radius 1 is 1.50 bits per heavy atom. The van der Waals surface area contributed by atoms with Crippen molar-refractivity contribution >= 4 is 0 Å². The van der Waals surface area contributed by atoms with Gasteiger partial charge in [0.2, 0.25) is 0 Å². The van der Waals surface area contributed by atoms with Gasteiger partial charge in [-0.15, -0.1) is 0 Å². The van der Waals surface area contributed by atoms with Gasteiger partial charge in [-0.05, 0) is 0 Å². The summed E-state index contributed by atoms with van der Waals surface area (Å²) in [7, 11) is 0. The third kappa shape index (κ3) is 10.3. The summed E-state index contributed by atoms with van der Waals surface area (Å²) in [6, 6.07) is 0. The number of rotatable bonds is 0. The first-order chi connectivity index (χ1) is 1.00.